The molecule has 0 amide bonds. The van der Waals surface area contributed by atoms with Crippen LogP contribution in [0.2, 0.25) is 0 Å². The predicted octanol–water partition coefficient (Wildman–Crippen LogP) is 4.21. The Balaban J connectivity index is 1.70. The Hall–Kier alpha value is -2.61. The molecule has 4 rings (SSSR count). The molecule has 174 valence electrons. The molecule has 2 aromatic rings. The smallest absolute Gasteiger partial charge is 0.306 e. The van der Waals surface area contributed by atoms with Gasteiger partial charge in [-0.25, -0.2) is 4.39 Å². The first-order valence-corrected chi connectivity index (χ1v) is 11.6. The lowest BCUT2D eigenvalue weighted by atomic mass is 9.95. The maximum Gasteiger partial charge on any atom is 0.306 e. The van der Waals surface area contributed by atoms with E-state index in [1.165, 1.54) is 12.5 Å². The first-order chi connectivity index (χ1) is 15.4. The van der Waals surface area contributed by atoms with Crippen LogP contribution in [0.3, 0.4) is 0 Å². The van der Waals surface area contributed by atoms with Crippen LogP contribution < -0.4 is 15.5 Å². The number of nitrogens with zero attached hydrogens (tertiary/aromatic N) is 1. The number of carboxylic acids is 1. The van der Waals surface area contributed by atoms with Gasteiger partial charge in [0.25, 0.3) is 0 Å². The molecule has 2 fully saturated rings. The van der Waals surface area contributed by atoms with Gasteiger partial charge in [0.05, 0.1) is 35.3 Å². The minimum Gasteiger partial charge on any atom is -0.485 e. The molecule has 7 nitrogen and oxygen atoms in total. The fraction of sp³-hybridized carbons (Fsp3) is 0.583. The number of halogens is 1. The van der Waals surface area contributed by atoms with Crippen molar-refractivity contribution in [3.8, 4) is 5.75 Å². The van der Waals surface area contributed by atoms with E-state index in [9.17, 15) is 19.1 Å². The molecule has 0 bridgehead atoms. The van der Waals surface area contributed by atoms with Gasteiger partial charge < -0.3 is 24.8 Å². The maximum absolute atomic E-state index is 15.0. The first-order valence-electron chi connectivity index (χ1n) is 11.6. The van der Waals surface area contributed by atoms with E-state index in [4.69, 9.17) is 9.84 Å². The molecule has 1 aromatic carbocycles. The summed E-state index contributed by atoms with van der Waals surface area (Å²) in [5, 5.41) is 22.2. The Morgan fingerprint density at radius 3 is 2.53 bits per heavy atom. The van der Waals surface area contributed by atoms with E-state index < -0.39 is 29.7 Å². The number of carbonyl (C=O) groups is 1. The van der Waals surface area contributed by atoms with Crippen LogP contribution in [-0.2, 0) is 4.79 Å². The Labute approximate surface area is 186 Å². The quantitative estimate of drug-likeness (QED) is 0.562. The fourth-order valence-corrected chi connectivity index (χ4v) is 4.96. The normalized spacial score (nSPS) is 18.7. The van der Waals surface area contributed by atoms with Crippen LogP contribution in [0.5, 0.6) is 5.75 Å². The van der Waals surface area contributed by atoms with Gasteiger partial charge in [0.2, 0.25) is 5.43 Å². The van der Waals surface area contributed by atoms with E-state index in [0.29, 0.717) is 11.2 Å². The summed E-state index contributed by atoms with van der Waals surface area (Å²) < 4.78 is 22.5. The number of benzene rings is 1. The highest BCUT2D eigenvalue weighted by Crippen LogP contribution is 2.34. The van der Waals surface area contributed by atoms with E-state index in [-0.39, 0.29) is 29.8 Å². The number of anilines is 1. The molecule has 0 aliphatic heterocycles. The zero-order chi connectivity index (χ0) is 22.7. The molecule has 32 heavy (non-hydrogen) atoms. The van der Waals surface area contributed by atoms with E-state index in [1.807, 2.05) is 4.57 Å². The molecule has 2 aliphatic carbocycles. The summed E-state index contributed by atoms with van der Waals surface area (Å²) in [6.07, 6.45) is 9.51. The van der Waals surface area contributed by atoms with Crippen LogP contribution in [0, 0.1) is 5.82 Å². The zero-order valence-corrected chi connectivity index (χ0v) is 18.2. The molecule has 2 saturated carbocycles. The summed E-state index contributed by atoms with van der Waals surface area (Å²) in [6.45, 7) is -0.318. The SMILES string of the molecule is O=C(O)CC(O)COc1cn(C2CCCC2)c2cc(NC3CCCCC3)c(F)cc2c1=O. The van der Waals surface area contributed by atoms with Gasteiger partial charge in [0.15, 0.2) is 5.75 Å². The van der Waals surface area contributed by atoms with Gasteiger partial charge in [-0.2, -0.15) is 0 Å². The Morgan fingerprint density at radius 2 is 1.84 bits per heavy atom. The van der Waals surface area contributed by atoms with Crippen molar-refractivity contribution in [1.29, 1.82) is 0 Å². The van der Waals surface area contributed by atoms with E-state index in [1.54, 1.807) is 12.3 Å². The number of aliphatic hydroxyl groups excluding tert-OH is 1. The largest absolute Gasteiger partial charge is 0.485 e. The molecule has 3 N–H and O–H groups in total. The molecule has 1 heterocycles. The second-order valence-electron chi connectivity index (χ2n) is 9.06. The molecule has 1 atom stereocenters. The number of nitrogens with one attached hydrogen (secondary N) is 1. The summed E-state index contributed by atoms with van der Waals surface area (Å²) in [4.78, 5) is 23.8. The predicted molar refractivity (Wildman–Crippen MR) is 120 cm³/mol. The third kappa shape index (κ3) is 5.06. The summed E-state index contributed by atoms with van der Waals surface area (Å²) in [5.41, 5.74) is 0.626. The number of pyridine rings is 1. The zero-order valence-electron chi connectivity index (χ0n) is 18.2. The highest BCUT2D eigenvalue weighted by atomic mass is 19.1. The van der Waals surface area contributed by atoms with Crippen LogP contribution in [0.1, 0.15) is 70.3 Å². The summed E-state index contributed by atoms with van der Waals surface area (Å²) in [7, 11) is 0. The third-order valence-electron chi connectivity index (χ3n) is 6.61. The van der Waals surface area contributed by atoms with Crippen molar-refractivity contribution in [2.45, 2.75) is 82.4 Å². The van der Waals surface area contributed by atoms with Crippen LogP contribution in [0.25, 0.3) is 10.9 Å². The number of aliphatic hydroxyl groups is 1. The number of hydrogen-bond donors (Lipinski definition) is 3. The number of rotatable bonds is 8. The molecule has 2 aliphatic rings. The topological polar surface area (TPSA) is 101 Å². The van der Waals surface area contributed by atoms with Gasteiger partial charge in [0.1, 0.15) is 12.4 Å². The van der Waals surface area contributed by atoms with Gasteiger partial charge in [-0.3, -0.25) is 9.59 Å². The number of hydrogen-bond acceptors (Lipinski definition) is 5. The monoisotopic (exact) mass is 446 g/mol. The average Bonchev–Trinajstić information content (AvgIpc) is 3.29. The van der Waals surface area contributed by atoms with E-state index in [0.717, 1.165) is 51.4 Å². The molecule has 0 radical (unpaired) electrons. The van der Waals surface area contributed by atoms with Gasteiger partial charge in [0, 0.05) is 12.1 Å². The number of ether oxygens (including phenoxy) is 1. The summed E-state index contributed by atoms with van der Waals surface area (Å²) in [6, 6.07) is 3.43. The van der Waals surface area contributed by atoms with Crippen molar-refractivity contribution in [3.63, 3.8) is 0 Å². The molecule has 1 unspecified atom stereocenters. The maximum atomic E-state index is 15.0. The second-order valence-corrected chi connectivity index (χ2v) is 9.06. The van der Waals surface area contributed by atoms with Gasteiger partial charge >= 0.3 is 5.97 Å². The number of aromatic nitrogens is 1. The number of carboxylic acid groups (broad SMARTS) is 1. The molecule has 8 heteroatoms. The van der Waals surface area contributed by atoms with Gasteiger partial charge in [-0.1, -0.05) is 32.1 Å². The lowest BCUT2D eigenvalue weighted by Crippen LogP contribution is -2.25. The number of fused-ring (bicyclic) bond motifs is 1. The Bertz CT molecular complexity index is 1030. The highest BCUT2D eigenvalue weighted by molar-refractivity contribution is 5.84. The van der Waals surface area contributed by atoms with E-state index in [2.05, 4.69) is 5.32 Å². The molecular weight excluding hydrogens is 415 g/mol. The lowest BCUT2D eigenvalue weighted by Gasteiger charge is -2.25. The van der Waals surface area contributed by atoms with Gasteiger partial charge in [-0.05, 0) is 37.8 Å². The number of aliphatic carboxylic acids is 1. The van der Waals surface area contributed by atoms with Crippen molar-refractivity contribution < 1.29 is 24.1 Å². The van der Waals surface area contributed by atoms with Crippen LogP contribution in [0.15, 0.2) is 23.1 Å². The van der Waals surface area contributed by atoms with Crippen molar-refractivity contribution in [1.82, 2.24) is 4.57 Å². The summed E-state index contributed by atoms with van der Waals surface area (Å²) >= 11 is 0. The standard InChI is InChI=1S/C24H31FN2O5/c25-19-11-18-21(12-20(19)26-15-6-2-1-3-7-15)27(16-8-4-5-9-16)13-22(24(18)31)32-14-17(28)10-23(29)30/h11-13,15-17,26,28H,1-10,14H2,(H,29,30). The van der Waals surface area contributed by atoms with Crippen molar-refractivity contribution in [2.75, 3.05) is 11.9 Å². The van der Waals surface area contributed by atoms with Crippen LogP contribution in [0.4, 0.5) is 10.1 Å². The highest BCUT2D eigenvalue weighted by Gasteiger charge is 2.23. The second kappa shape index (κ2) is 9.90. The average molecular weight is 447 g/mol. The fourth-order valence-electron chi connectivity index (χ4n) is 4.96. The third-order valence-corrected chi connectivity index (χ3v) is 6.61. The van der Waals surface area contributed by atoms with Crippen molar-refractivity contribution in [3.05, 3.63) is 34.4 Å². The Morgan fingerprint density at radius 1 is 1.16 bits per heavy atom. The molecular formula is C24H31FN2O5. The van der Waals surface area contributed by atoms with Crippen molar-refractivity contribution >= 4 is 22.6 Å². The van der Waals surface area contributed by atoms with Crippen LogP contribution >= 0.6 is 0 Å². The van der Waals surface area contributed by atoms with Crippen LogP contribution in [-0.4, -0.2) is 39.5 Å². The minimum atomic E-state index is -1.23. The molecule has 0 saturated heterocycles. The molecule has 0 spiro atoms. The first kappa shape index (κ1) is 22.6. The minimum absolute atomic E-state index is 0.00114. The Kier molecular flexibility index (Phi) is 6.98. The van der Waals surface area contributed by atoms with Gasteiger partial charge in [-0.15, -0.1) is 0 Å². The lowest BCUT2D eigenvalue weighted by molar-refractivity contribution is -0.139. The summed E-state index contributed by atoms with van der Waals surface area (Å²) in [5.74, 6) is -1.62. The van der Waals surface area contributed by atoms with E-state index >= 15 is 0 Å². The molecule has 1 aromatic heterocycles. The van der Waals surface area contributed by atoms with Crippen molar-refractivity contribution in [2.24, 2.45) is 0 Å².